The molecule has 3 aromatic rings. The van der Waals surface area contributed by atoms with Crippen molar-refractivity contribution in [2.75, 3.05) is 0 Å². The lowest BCUT2D eigenvalue weighted by Gasteiger charge is -2.18. The highest BCUT2D eigenvalue weighted by molar-refractivity contribution is 5.81. The second-order valence-electron chi connectivity index (χ2n) is 6.61. The molecule has 1 atom stereocenters. The number of fused-ring (bicyclic) bond motifs is 1. The van der Waals surface area contributed by atoms with Crippen LogP contribution in [0.25, 0.3) is 11.0 Å². The molecule has 1 aromatic heterocycles. The molecule has 2 aromatic carbocycles. The second-order valence-corrected chi connectivity index (χ2v) is 6.61. The topological polar surface area (TPSA) is 49.6 Å². The van der Waals surface area contributed by atoms with Crippen LogP contribution in [0.3, 0.4) is 0 Å². The van der Waals surface area contributed by atoms with Crippen molar-refractivity contribution in [1.29, 1.82) is 0 Å². The monoisotopic (exact) mass is 333 g/mol. The Morgan fingerprint density at radius 1 is 1.12 bits per heavy atom. The number of furan rings is 1. The molecule has 4 nitrogen and oxygen atoms in total. The van der Waals surface area contributed by atoms with Crippen LogP contribution < -0.4 is 10.6 Å². The molecule has 0 saturated heterocycles. The normalized spacial score (nSPS) is 16.0. The smallest absolute Gasteiger partial charge is 0.192 e. The lowest BCUT2D eigenvalue weighted by atomic mass is 10.1. The summed E-state index contributed by atoms with van der Waals surface area (Å²) >= 11 is 0. The van der Waals surface area contributed by atoms with Gasteiger partial charge in [0.15, 0.2) is 5.96 Å². The van der Waals surface area contributed by atoms with Gasteiger partial charge in [0.25, 0.3) is 0 Å². The number of benzene rings is 2. The fourth-order valence-electron chi connectivity index (χ4n) is 2.86. The molecule has 0 radical (unpaired) electrons. The van der Waals surface area contributed by atoms with Crippen LogP contribution in [0.1, 0.15) is 37.1 Å². The van der Waals surface area contributed by atoms with Gasteiger partial charge in [-0.15, -0.1) is 0 Å². The van der Waals surface area contributed by atoms with E-state index in [2.05, 4.69) is 54.0 Å². The summed E-state index contributed by atoms with van der Waals surface area (Å²) in [6.45, 7) is 2.68. The van der Waals surface area contributed by atoms with Crippen molar-refractivity contribution in [3.63, 3.8) is 0 Å². The van der Waals surface area contributed by atoms with E-state index in [1.54, 1.807) is 0 Å². The number of hydrogen-bond acceptors (Lipinski definition) is 2. The van der Waals surface area contributed by atoms with E-state index in [9.17, 15) is 0 Å². The number of rotatable bonds is 5. The minimum absolute atomic E-state index is 0.196. The first-order chi connectivity index (χ1) is 12.3. The summed E-state index contributed by atoms with van der Waals surface area (Å²) < 4.78 is 5.87. The molecule has 0 amide bonds. The molecule has 1 fully saturated rings. The summed E-state index contributed by atoms with van der Waals surface area (Å²) in [6.07, 6.45) is 2.43. The van der Waals surface area contributed by atoms with E-state index in [4.69, 9.17) is 9.41 Å². The number of hydrogen-bond donors (Lipinski definition) is 2. The lowest BCUT2D eigenvalue weighted by Crippen LogP contribution is -2.40. The molecule has 1 saturated carbocycles. The SMILES string of the molecule is CC(NC(=NCc1cc2ccccc2o1)NC1CC1)c1ccccc1. The minimum Gasteiger partial charge on any atom is -0.459 e. The zero-order valence-electron chi connectivity index (χ0n) is 14.4. The summed E-state index contributed by atoms with van der Waals surface area (Å²) in [6, 6.07) is 21.3. The fourth-order valence-corrected chi connectivity index (χ4v) is 2.86. The first-order valence-electron chi connectivity index (χ1n) is 8.88. The Morgan fingerprint density at radius 3 is 2.64 bits per heavy atom. The molecule has 0 bridgehead atoms. The first kappa shape index (κ1) is 15.8. The summed E-state index contributed by atoms with van der Waals surface area (Å²) in [4.78, 5) is 4.74. The zero-order valence-corrected chi connectivity index (χ0v) is 14.4. The van der Waals surface area contributed by atoms with E-state index in [-0.39, 0.29) is 6.04 Å². The molecule has 1 aliphatic rings. The maximum atomic E-state index is 5.87. The second kappa shape index (κ2) is 7.01. The number of nitrogens with one attached hydrogen (secondary N) is 2. The zero-order chi connectivity index (χ0) is 17.1. The van der Waals surface area contributed by atoms with Crippen molar-refractivity contribution in [3.05, 3.63) is 72.0 Å². The van der Waals surface area contributed by atoms with E-state index in [0.717, 1.165) is 22.7 Å². The molecule has 1 heterocycles. The highest BCUT2D eigenvalue weighted by Crippen LogP contribution is 2.21. The van der Waals surface area contributed by atoms with Crippen LogP contribution in [0.2, 0.25) is 0 Å². The quantitative estimate of drug-likeness (QED) is 0.538. The van der Waals surface area contributed by atoms with Crippen LogP contribution in [0.15, 0.2) is 70.1 Å². The summed E-state index contributed by atoms with van der Waals surface area (Å²) in [5.74, 6) is 1.73. The first-order valence-corrected chi connectivity index (χ1v) is 8.88. The third-order valence-electron chi connectivity index (χ3n) is 4.44. The number of aliphatic imine (C=N–C) groups is 1. The van der Waals surface area contributed by atoms with Crippen LogP contribution in [0, 0.1) is 0 Å². The minimum atomic E-state index is 0.196. The van der Waals surface area contributed by atoms with Gasteiger partial charge in [0, 0.05) is 11.4 Å². The van der Waals surface area contributed by atoms with Crippen molar-refractivity contribution in [2.45, 2.75) is 38.4 Å². The summed E-state index contributed by atoms with van der Waals surface area (Å²) in [5, 5.41) is 8.12. The average Bonchev–Trinajstić information content (AvgIpc) is 3.36. The van der Waals surface area contributed by atoms with Gasteiger partial charge >= 0.3 is 0 Å². The van der Waals surface area contributed by atoms with Gasteiger partial charge in [-0.1, -0.05) is 48.5 Å². The van der Waals surface area contributed by atoms with Crippen molar-refractivity contribution in [3.8, 4) is 0 Å². The van der Waals surface area contributed by atoms with Crippen molar-refractivity contribution in [1.82, 2.24) is 10.6 Å². The van der Waals surface area contributed by atoms with E-state index >= 15 is 0 Å². The predicted octanol–water partition coefficient (Wildman–Crippen LogP) is 4.39. The van der Waals surface area contributed by atoms with Crippen molar-refractivity contribution in [2.24, 2.45) is 4.99 Å². The Kier molecular flexibility index (Phi) is 4.42. The van der Waals surface area contributed by atoms with Gasteiger partial charge in [-0.05, 0) is 37.5 Å². The molecule has 0 aliphatic heterocycles. The molecule has 4 heteroatoms. The fraction of sp³-hybridized carbons (Fsp3) is 0.286. The molecule has 1 unspecified atom stereocenters. The van der Waals surface area contributed by atoms with Gasteiger partial charge in [-0.25, -0.2) is 4.99 Å². The molecule has 4 rings (SSSR count). The van der Waals surface area contributed by atoms with Crippen LogP contribution >= 0.6 is 0 Å². The van der Waals surface area contributed by atoms with E-state index in [1.165, 1.54) is 18.4 Å². The highest BCUT2D eigenvalue weighted by Gasteiger charge is 2.23. The van der Waals surface area contributed by atoms with Crippen LogP contribution in [0.5, 0.6) is 0 Å². The third-order valence-corrected chi connectivity index (χ3v) is 4.44. The van der Waals surface area contributed by atoms with Crippen LogP contribution in [-0.4, -0.2) is 12.0 Å². The summed E-state index contributed by atoms with van der Waals surface area (Å²) in [5.41, 5.74) is 2.16. The van der Waals surface area contributed by atoms with Gasteiger partial charge in [0.1, 0.15) is 17.9 Å². The van der Waals surface area contributed by atoms with Crippen LogP contribution in [0.4, 0.5) is 0 Å². The Labute approximate surface area is 148 Å². The third kappa shape index (κ3) is 4.02. The van der Waals surface area contributed by atoms with Gasteiger partial charge < -0.3 is 15.1 Å². The van der Waals surface area contributed by atoms with E-state index in [1.807, 2.05) is 24.3 Å². The van der Waals surface area contributed by atoms with E-state index < -0.39 is 0 Å². The summed E-state index contributed by atoms with van der Waals surface area (Å²) in [7, 11) is 0. The maximum Gasteiger partial charge on any atom is 0.192 e. The molecule has 128 valence electrons. The molecular formula is C21H23N3O. The Morgan fingerprint density at radius 2 is 1.88 bits per heavy atom. The Bertz CT molecular complexity index is 832. The Hall–Kier alpha value is -2.75. The standard InChI is InChI=1S/C21H23N3O/c1-15(16-7-3-2-4-8-16)23-21(24-18-11-12-18)22-14-19-13-17-9-5-6-10-20(17)25-19/h2-10,13,15,18H,11-12,14H2,1H3,(H2,22,23,24). The number of nitrogens with zero attached hydrogens (tertiary/aromatic N) is 1. The predicted molar refractivity (Wildman–Crippen MR) is 102 cm³/mol. The molecular weight excluding hydrogens is 310 g/mol. The maximum absolute atomic E-state index is 5.87. The average molecular weight is 333 g/mol. The Balaban J connectivity index is 1.48. The largest absolute Gasteiger partial charge is 0.459 e. The number of para-hydroxylation sites is 1. The highest BCUT2D eigenvalue weighted by atomic mass is 16.3. The van der Waals surface area contributed by atoms with Gasteiger partial charge in [-0.3, -0.25) is 0 Å². The molecule has 1 aliphatic carbocycles. The van der Waals surface area contributed by atoms with Crippen molar-refractivity contribution >= 4 is 16.9 Å². The van der Waals surface area contributed by atoms with Gasteiger partial charge in [0.2, 0.25) is 0 Å². The van der Waals surface area contributed by atoms with Gasteiger partial charge in [-0.2, -0.15) is 0 Å². The molecule has 2 N–H and O–H groups in total. The molecule has 25 heavy (non-hydrogen) atoms. The number of guanidine groups is 1. The van der Waals surface area contributed by atoms with Gasteiger partial charge in [0.05, 0.1) is 6.04 Å². The van der Waals surface area contributed by atoms with E-state index in [0.29, 0.717) is 12.6 Å². The van der Waals surface area contributed by atoms with Crippen LogP contribution in [-0.2, 0) is 6.54 Å². The lowest BCUT2D eigenvalue weighted by molar-refractivity contribution is 0.550. The molecule has 0 spiro atoms. The van der Waals surface area contributed by atoms with Crippen molar-refractivity contribution < 1.29 is 4.42 Å².